The Morgan fingerprint density at radius 2 is 1.76 bits per heavy atom. The molecule has 1 saturated heterocycles. The van der Waals surface area contributed by atoms with Crippen molar-refractivity contribution in [2.24, 2.45) is 5.41 Å². The van der Waals surface area contributed by atoms with Crippen LogP contribution in [0.1, 0.15) is 66.2 Å². The standard InChI is InChI=1S/C16H30N2O3/c1-5-15(13(19)20)10-9-11-18(12-15)14(21)17-16(6-2,7-3)8-4/h5-12H2,1-4H3,(H,17,21)(H,19,20). The largest absolute Gasteiger partial charge is 0.481 e. The van der Waals surface area contributed by atoms with Crippen LogP contribution in [0.25, 0.3) is 0 Å². The van der Waals surface area contributed by atoms with Crippen LogP contribution in [-0.4, -0.2) is 40.6 Å². The average Bonchev–Trinajstić information content (AvgIpc) is 2.52. The van der Waals surface area contributed by atoms with Gasteiger partial charge in [-0.15, -0.1) is 0 Å². The Hall–Kier alpha value is -1.26. The van der Waals surface area contributed by atoms with Crippen molar-refractivity contribution in [3.8, 4) is 0 Å². The molecule has 0 bridgehead atoms. The maximum Gasteiger partial charge on any atom is 0.317 e. The van der Waals surface area contributed by atoms with E-state index in [-0.39, 0.29) is 11.6 Å². The number of carboxylic acids is 1. The second-order valence-electron chi connectivity index (χ2n) is 6.24. The fraction of sp³-hybridized carbons (Fsp3) is 0.875. The molecule has 1 aliphatic heterocycles. The molecule has 0 aromatic heterocycles. The SMILES string of the molecule is CCC(CC)(CC)NC(=O)N1CCCC(CC)(C(=O)O)C1. The molecule has 122 valence electrons. The summed E-state index contributed by atoms with van der Waals surface area (Å²) in [7, 11) is 0. The van der Waals surface area contributed by atoms with Crippen molar-refractivity contribution in [2.45, 2.75) is 71.8 Å². The number of hydrogen-bond donors (Lipinski definition) is 2. The van der Waals surface area contributed by atoms with E-state index in [1.54, 1.807) is 4.90 Å². The molecule has 5 nitrogen and oxygen atoms in total. The van der Waals surface area contributed by atoms with Gasteiger partial charge in [0, 0.05) is 18.6 Å². The molecule has 0 aromatic carbocycles. The van der Waals surface area contributed by atoms with E-state index in [9.17, 15) is 14.7 Å². The lowest BCUT2D eigenvalue weighted by molar-refractivity contribution is -0.152. The van der Waals surface area contributed by atoms with Crippen molar-refractivity contribution in [2.75, 3.05) is 13.1 Å². The predicted molar refractivity (Wildman–Crippen MR) is 83.3 cm³/mol. The topological polar surface area (TPSA) is 69.6 Å². The zero-order chi connectivity index (χ0) is 16.1. The number of nitrogens with zero attached hydrogens (tertiary/aromatic N) is 1. The van der Waals surface area contributed by atoms with Crippen LogP contribution in [0, 0.1) is 5.41 Å². The number of rotatable bonds is 6. The summed E-state index contributed by atoms with van der Waals surface area (Å²) in [5.41, 5.74) is -0.949. The first-order valence-corrected chi connectivity index (χ1v) is 8.19. The molecule has 1 fully saturated rings. The number of carbonyl (C=O) groups is 2. The minimum atomic E-state index is -0.782. The first-order valence-electron chi connectivity index (χ1n) is 8.19. The van der Waals surface area contributed by atoms with Crippen molar-refractivity contribution in [1.82, 2.24) is 10.2 Å². The summed E-state index contributed by atoms with van der Waals surface area (Å²) in [6.45, 7) is 9.10. The summed E-state index contributed by atoms with van der Waals surface area (Å²) >= 11 is 0. The molecule has 2 N–H and O–H groups in total. The van der Waals surface area contributed by atoms with Gasteiger partial charge in [-0.3, -0.25) is 4.79 Å². The zero-order valence-corrected chi connectivity index (χ0v) is 13.9. The number of likely N-dealkylation sites (tertiary alicyclic amines) is 1. The molecule has 0 saturated carbocycles. The van der Waals surface area contributed by atoms with E-state index in [0.717, 1.165) is 25.7 Å². The monoisotopic (exact) mass is 298 g/mol. The van der Waals surface area contributed by atoms with Crippen molar-refractivity contribution in [1.29, 1.82) is 0 Å². The highest BCUT2D eigenvalue weighted by molar-refractivity contribution is 5.79. The molecule has 0 aliphatic carbocycles. The number of carboxylic acid groups (broad SMARTS) is 1. The summed E-state index contributed by atoms with van der Waals surface area (Å²) in [6, 6.07) is -0.112. The highest BCUT2D eigenvalue weighted by atomic mass is 16.4. The summed E-state index contributed by atoms with van der Waals surface area (Å²) < 4.78 is 0. The van der Waals surface area contributed by atoms with Crippen molar-refractivity contribution < 1.29 is 14.7 Å². The Labute approximate surface area is 128 Å². The van der Waals surface area contributed by atoms with Crippen LogP contribution < -0.4 is 5.32 Å². The van der Waals surface area contributed by atoms with E-state index in [4.69, 9.17) is 0 Å². The van der Waals surface area contributed by atoms with Crippen LogP contribution >= 0.6 is 0 Å². The van der Waals surface area contributed by atoms with Gasteiger partial charge in [0.15, 0.2) is 0 Å². The van der Waals surface area contributed by atoms with E-state index < -0.39 is 11.4 Å². The average molecular weight is 298 g/mol. The Bertz CT molecular complexity index is 371. The molecule has 1 heterocycles. The van der Waals surface area contributed by atoms with Gasteiger partial charge in [0.2, 0.25) is 0 Å². The molecule has 1 aliphatic rings. The first-order chi connectivity index (χ1) is 9.88. The molecular formula is C16H30N2O3. The van der Waals surface area contributed by atoms with Gasteiger partial charge in [-0.2, -0.15) is 0 Å². The van der Waals surface area contributed by atoms with Gasteiger partial charge in [0.05, 0.1) is 5.41 Å². The Morgan fingerprint density at radius 1 is 1.19 bits per heavy atom. The fourth-order valence-corrected chi connectivity index (χ4v) is 3.24. The first kappa shape index (κ1) is 17.8. The summed E-state index contributed by atoms with van der Waals surface area (Å²) in [6.07, 6.45) is 4.63. The van der Waals surface area contributed by atoms with Gasteiger partial charge in [-0.1, -0.05) is 27.7 Å². The lowest BCUT2D eigenvalue weighted by atomic mass is 9.78. The normalized spacial score (nSPS) is 23.0. The number of nitrogens with one attached hydrogen (secondary N) is 1. The second kappa shape index (κ2) is 7.14. The molecule has 0 aromatic rings. The van der Waals surface area contributed by atoms with Gasteiger partial charge in [-0.05, 0) is 38.5 Å². The van der Waals surface area contributed by atoms with E-state index in [1.165, 1.54) is 0 Å². The quantitative estimate of drug-likeness (QED) is 0.791. The molecule has 2 amide bonds. The number of piperidine rings is 1. The predicted octanol–water partition coefficient (Wildman–Crippen LogP) is 3.24. The third-order valence-electron chi connectivity index (χ3n) is 5.40. The van der Waals surface area contributed by atoms with Crippen molar-refractivity contribution >= 4 is 12.0 Å². The molecule has 1 atom stereocenters. The number of aliphatic carboxylic acids is 1. The maximum absolute atomic E-state index is 12.5. The van der Waals surface area contributed by atoms with E-state index in [1.807, 2.05) is 6.92 Å². The van der Waals surface area contributed by atoms with Gasteiger partial charge in [0.25, 0.3) is 0 Å². The Kier molecular flexibility index (Phi) is 6.05. The smallest absolute Gasteiger partial charge is 0.317 e. The molecule has 21 heavy (non-hydrogen) atoms. The Morgan fingerprint density at radius 3 is 2.19 bits per heavy atom. The number of hydrogen-bond acceptors (Lipinski definition) is 2. The number of amides is 2. The third kappa shape index (κ3) is 3.69. The van der Waals surface area contributed by atoms with Gasteiger partial charge >= 0.3 is 12.0 Å². The molecule has 0 radical (unpaired) electrons. The van der Waals surface area contributed by atoms with Crippen molar-refractivity contribution in [3.05, 3.63) is 0 Å². The molecule has 5 heteroatoms. The molecular weight excluding hydrogens is 268 g/mol. The second-order valence-corrected chi connectivity index (χ2v) is 6.24. The summed E-state index contributed by atoms with van der Waals surface area (Å²) in [5, 5.41) is 12.6. The van der Waals surface area contributed by atoms with Gasteiger partial charge in [0.1, 0.15) is 0 Å². The van der Waals surface area contributed by atoms with E-state index in [0.29, 0.717) is 25.9 Å². The lowest BCUT2D eigenvalue weighted by Crippen LogP contribution is -2.57. The third-order valence-corrected chi connectivity index (χ3v) is 5.40. The van der Waals surface area contributed by atoms with Crippen LogP contribution in [0.4, 0.5) is 4.79 Å². The summed E-state index contributed by atoms with van der Waals surface area (Å²) in [5.74, 6) is -0.782. The van der Waals surface area contributed by atoms with Crippen LogP contribution in [0.15, 0.2) is 0 Å². The number of urea groups is 1. The van der Waals surface area contributed by atoms with E-state index in [2.05, 4.69) is 26.1 Å². The molecule has 0 spiro atoms. The Balaban J connectivity index is 2.81. The maximum atomic E-state index is 12.5. The summed E-state index contributed by atoms with van der Waals surface area (Å²) in [4.78, 5) is 25.8. The molecule has 1 rings (SSSR count). The van der Waals surface area contributed by atoms with Crippen LogP contribution in [-0.2, 0) is 4.79 Å². The van der Waals surface area contributed by atoms with Gasteiger partial charge < -0.3 is 15.3 Å². The van der Waals surface area contributed by atoms with Crippen LogP contribution in [0.5, 0.6) is 0 Å². The lowest BCUT2D eigenvalue weighted by Gasteiger charge is -2.41. The van der Waals surface area contributed by atoms with Gasteiger partial charge in [-0.25, -0.2) is 4.79 Å². The zero-order valence-electron chi connectivity index (χ0n) is 13.9. The van der Waals surface area contributed by atoms with Crippen LogP contribution in [0.2, 0.25) is 0 Å². The fourth-order valence-electron chi connectivity index (χ4n) is 3.24. The van der Waals surface area contributed by atoms with E-state index >= 15 is 0 Å². The molecule has 1 unspecified atom stereocenters. The van der Waals surface area contributed by atoms with Crippen LogP contribution in [0.3, 0.4) is 0 Å². The minimum absolute atomic E-state index is 0.112. The highest BCUT2D eigenvalue weighted by Gasteiger charge is 2.42. The number of carbonyl (C=O) groups excluding carboxylic acids is 1. The minimum Gasteiger partial charge on any atom is -0.481 e. The highest BCUT2D eigenvalue weighted by Crippen LogP contribution is 2.34. The van der Waals surface area contributed by atoms with Crippen molar-refractivity contribution in [3.63, 3.8) is 0 Å².